The number of hydrogen-bond donors (Lipinski definition) is 0. The van der Waals surface area contributed by atoms with Gasteiger partial charge in [0.05, 0.1) is 0 Å². The van der Waals surface area contributed by atoms with E-state index in [0.717, 1.165) is 24.8 Å². The van der Waals surface area contributed by atoms with Gasteiger partial charge in [-0.3, -0.25) is 0 Å². The Balaban J connectivity index is 1.51. The van der Waals surface area contributed by atoms with Crippen molar-refractivity contribution in [3.63, 3.8) is 0 Å². The topological polar surface area (TPSA) is 59.3 Å². The molecule has 0 N–H and O–H groups in total. The van der Waals surface area contributed by atoms with Gasteiger partial charge in [-0.25, -0.2) is 9.97 Å². The molecule has 3 heterocycles. The molecule has 0 aliphatic carbocycles. The van der Waals surface area contributed by atoms with Gasteiger partial charge in [-0.2, -0.15) is 5.26 Å². The summed E-state index contributed by atoms with van der Waals surface area (Å²) in [6.45, 7) is 7.93. The number of piperidine rings is 1. The molecule has 2 saturated heterocycles. The molecule has 0 aromatic carbocycles. The van der Waals surface area contributed by atoms with Crippen molar-refractivity contribution >= 4 is 5.82 Å². The Morgan fingerprint density at radius 2 is 1.77 bits per heavy atom. The first-order chi connectivity index (χ1) is 10.8. The molecular weight excluding hydrogens is 276 g/mol. The van der Waals surface area contributed by atoms with Crippen molar-refractivity contribution in [1.82, 2.24) is 19.8 Å². The van der Waals surface area contributed by atoms with Crippen molar-refractivity contribution in [3.05, 3.63) is 18.1 Å². The van der Waals surface area contributed by atoms with Crippen LogP contribution in [0.25, 0.3) is 0 Å². The maximum atomic E-state index is 9.15. The molecule has 2 fully saturated rings. The van der Waals surface area contributed by atoms with Gasteiger partial charge in [0.25, 0.3) is 0 Å². The van der Waals surface area contributed by atoms with E-state index >= 15 is 0 Å². The Morgan fingerprint density at radius 1 is 1.09 bits per heavy atom. The molecule has 2 aliphatic heterocycles. The van der Waals surface area contributed by atoms with Crippen LogP contribution >= 0.6 is 0 Å². The number of nitrogens with zero attached hydrogens (tertiary/aromatic N) is 6. The third kappa shape index (κ3) is 3.54. The van der Waals surface area contributed by atoms with Crippen LogP contribution in [0.1, 0.15) is 18.5 Å². The summed E-state index contributed by atoms with van der Waals surface area (Å²) >= 11 is 0. The molecule has 0 radical (unpaired) electrons. The average Bonchev–Trinajstić information content (AvgIpc) is 2.58. The summed E-state index contributed by atoms with van der Waals surface area (Å²) in [4.78, 5) is 15.7. The minimum Gasteiger partial charge on any atom is -0.354 e. The van der Waals surface area contributed by atoms with E-state index in [1.165, 1.54) is 45.6 Å². The highest BCUT2D eigenvalue weighted by molar-refractivity contribution is 5.49. The Bertz CT molecular complexity index is 524. The van der Waals surface area contributed by atoms with Crippen LogP contribution in [0.5, 0.6) is 0 Å². The summed E-state index contributed by atoms with van der Waals surface area (Å²) in [6.07, 6.45) is 5.61. The number of anilines is 1. The van der Waals surface area contributed by atoms with Gasteiger partial charge in [0.2, 0.25) is 0 Å². The van der Waals surface area contributed by atoms with Gasteiger partial charge in [-0.1, -0.05) is 0 Å². The van der Waals surface area contributed by atoms with Gasteiger partial charge in [0.15, 0.2) is 11.5 Å². The summed E-state index contributed by atoms with van der Waals surface area (Å²) in [5.74, 6) is 1.52. The van der Waals surface area contributed by atoms with E-state index in [4.69, 9.17) is 5.26 Å². The predicted octanol–water partition coefficient (Wildman–Crippen LogP) is 0.812. The summed E-state index contributed by atoms with van der Waals surface area (Å²) in [6, 6.07) is 2.15. The highest BCUT2D eigenvalue weighted by atomic mass is 15.3. The SMILES string of the molecule is CN1CCN(CC2CCN(c3nccnc3C#N)CC2)CC1. The third-order valence-corrected chi connectivity index (χ3v) is 4.81. The molecule has 0 atom stereocenters. The fourth-order valence-corrected chi connectivity index (χ4v) is 3.36. The fourth-order valence-electron chi connectivity index (χ4n) is 3.36. The third-order valence-electron chi connectivity index (χ3n) is 4.81. The lowest BCUT2D eigenvalue weighted by atomic mass is 9.96. The van der Waals surface area contributed by atoms with Crippen molar-refractivity contribution in [2.75, 3.05) is 57.8 Å². The lowest BCUT2D eigenvalue weighted by Gasteiger charge is -2.38. The van der Waals surface area contributed by atoms with Crippen molar-refractivity contribution in [2.24, 2.45) is 5.92 Å². The first kappa shape index (κ1) is 15.2. The Kier molecular flexibility index (Phi) is 4.86. The molecule has 0 amide bonds. The van der Waals surface area contributed by atoms with Crippen LogP contribution < -0.4 is 4.90 Å². The summed E-state index contributed by atoms with van der Waals surface area (Å²) < 4.78 is 0. The molecule has 0 unspecified atom stereocenters. The van der Waals surface area contributed by atoms with Gasteiger partial charge in [0, 0.05) is 58.2 Å². The van der Waals surface area contributed by atoms with Gasteiger partial charge in [-0.15, -0.1) is 0 Å². The maximum Gasteiger partial charge on any atom is 0.183 e. The zero-order valence-electron chi connectivity index (χ0n) is 13.3. The van der Waals surface area contributed by atoms with E-state index in [-0.39, 0.29) is 0 Å². The zero-order valence-corrected chi connectivity index (χ0v) is 13.3. The van der Waals surface area contributed by atoms with E-state index in [1.54, 1.807) is 12.4 Å². The Labute approximate surface area is 132 Å². The van der Waals surface area contributed by atoms with Crippen molar-refractivity contribution in [2.45, 2.75) is 12.8 Å². The Hall–Kier alpha value is -1.71. The van der Waals surface area contributed by atoms with Crippen LogP contribution in [0.2, 0.25) is 0 Å². The lowest BCUT2D eigenvalue weighted by molar-refractivity contribution is 0.129. The average molecular weight is 300 g/mol. The second-order valence-electron chi connectivity index (χ2n) is 6.37. The van der Waals surface area contributed by atoms with Crippen LogP contribution in [0.4, 0.5) is 5.82 Å². The largest absolute Gasteiger partial charge is 0.354 e. The quantitative estimate of drug-likeness (QED) is 0.823. The molecule has 1 aromatic rings. The van der Waals surface area contributed by atoms with Gasteiger partial charge in [-0.05, 0) is 25.8 Å². The van der Waals surface area contributed by atoms with Crippen LogP contribution in [-0.2, 0) is 0 Å². The van der Waals surface area contributed by atoms with Crippen molar-refractivity contribution in [1.29, 1.82) is 5.26 Å². The van der Waals surface area contributed by atoms with E-state index in [9.17, 15) is 0 Å². The predicted molar refractivity (Wildman–Crippen MR) is 85.6 cm³/mol. The van der Waals surface area contributed by atoms with Crippen LogP contribution in [0.15, 0.2) is 12.4 Å². The molecule has 3 rings (SSSR count). The van der Waals surface area contributed by atoms with Crippen molar-refractivity contribution < 1.29 is 0 Å². The molecule has 1 aromatic heterocycles. The van der Waals surface area contributed by atoms with E-state index in [1.807, 2.05) is 0 Å². The van der Waals surface area contributed by atoms with Crippen LogP contribution in [-0.4, -0.2) is 72.6 Å². The molecule has 6 heteroatoms. The highest BCUT2D eigenvalue weighted by Crippen LogP contribution is 2.24. The van der Waals surface area contributed by atoms with Crippen molar-refractivity contribution in [3.8, 4) is 6.07 Å². The molecule has 22 heavy (non-hydrogen) atoms. The van der Waals surface area contributed by atoms with Gasteiger partial charge < -0.3 is 14.7 Å². The summed E-state index contributed by atoms with van der Waals surface area (Å²) in [7, 11) is 2.20. The number of piperazine rings is 1. The first-order valence-electron chi connectivity index (χ1n) is 8.13. The Morgan fingerprint density at radius 3 is 2.45 bits per heavy atom. The number of likely N-dealkylation sites (N-methyl/N-ethyl adjacent to an activating group) is 1. The molecule has 2 aliphatic rings. The monoisotopic (exact) mass is 300 g/mol. The van der Waals surface area contributed by atoms with E-state index < -0.39 is 0 Å². The second-order valence-corrected chi connectivity index (χ2v) is 6.37. The molecule has 6 nitrogen and oxygen atoms in total. The molecular formula is C16H24N6. The fraction of sp³-hybridized carbons (Fsp3) is 0.688. The first-order valence-corrected chi connectivity index (χ1v) is 8.13. The number of hydrogen-bond acceptors (Lipinski definition) is 6. The minimum atomic E-state index is 0.444. The molecule has 0 bridgehead atoms. The number of rotatable bonds is 3. The smallest absolute Gasteiger partial charge is 0.183 e. The molecule has 0 saturated carbocycles. The van der Waals surface area contributed by atoms with Crippen LogP contribution in [0, 0.1) is 17.2 Å². The zero-order chi connectivity index (χ0) is 15.4. The maximum absolute atomic E-state index is 9.15. The normalized spacial score (nSPS) is 21.7. The standard InChI is InChI=1S/C16H24N6/c1-20-8-10-21(11-9-20)13-14-2-6-22(7-3-14)16-15(12-17)18-4-5-19-16/h4-5,14H,2-3,6-11,13H2,1H3. The van der Waals surface area contributed by atoms with Gasteiger partial charge >= 0.3 is 0 Å². The minimum absolute atomic E-state index is 0.444. The van der Waals surface area contributed by atoms with Gasteiger partial charge in [0.1, 0.15) is 6.07 Å². The van der Waals surface area contributed by atoms with E-state index in [0.29, 0.717) is 5.69 Å². The van der Waals surface area contributed by atoms with E-state index in [2.05, 4.69) is 37.8 Å². The summed E-state index contributed by atoms with van der Waals surface area (Å²) in [5, 5.41) is 9.15. The van der Waals surface area contributed by atoms with Crippen LogP contribution in [0.3, 0.4) is 0 Å². The summed E-state index contributed by atoms with van der Waals surface area (Å²) in [5.41, 5.74) is 0.444. The number of nitriles is 1. The molecule has 0 spiro atoms. The highest BCUT2D eigenvalue weighted by Gasteiger charge is 2.25. The lowest BCUT2D eigenvalue weighted by Crippen LogP contribution is -2.47. The molecule has 118 valence electrons. The number of aromatic nitrogens is 2. The second kappa shape index (κ2) is 7.03.